The lowest BCUT2D eigenvalue weighted by Gasteiger charge is -1.99. The van der Waals surface area contributed by atoms with Gasteiger partial charge in [-0.3, -0.25) is 4.68 Å². The number of nitrogens with zero attached hydrogens (tertiary/aromatic N) is 4. The van der Waals surface area contributed by atoms with Gasteiger partial charge in [0.2, 0.25) is 0 Å². The summed E-state index contributed by atoms with van der Waals surface area (Å²) in [6, 6.07) is 9.69. The molecule has 17 heavy (non-hydrogen) atoms. The molecule has 0 aliphatic carbocycles. The van der Waals surface area contributed by atoms with E-state index in [-0.39, 0.29) is 0 Å². The highest BCUT2D eigenvalue weighted by Crippen LogP contribution is 2.22. The fourth-order valence-corrected chi connectivity index (χ4v) is 2.08. The van der Waals surface area contributed by atoms with E-state index in [4.69, 9.17) is 5.26 Å². The molecule has 0 amide bonds. The summed E-state index contributed by atoms with van der Waals surface area (Å²) in [6.45, 7) is 1.96. The molecular weight excluding hydrogens is 212 g/mol. The van der Waals surface area contributed by atoms with Crippen LogP contribution in [-0.2, 0) is 7.05 Å². The van der Waals surface area contributed by atoms with Crippen LogP contribution < -0.4 is 0 Å². The van der Waals surface area contributed by atoms with Crippen molar-refractivity contribution in [2.24, 2.45) is 7.05 Å². The number of rotatable bonds is 0. The van der Waals surface area contributed by atoms with Crippen LogP contribution in [0.25, 0.3) is 21.9 Å². The molecule has 0 bridgehead atoms. The molecule has 0 aliphatic rings. The Bertz CT molecular complexity index is 777. The van der Waals surface area contributed by atoms with E-state index in [1.807, 2.05) is 32.2 Å². The third-order valence-corrected chi connectivity index (χ3v) is 2.92. The SMILES string of the molecule is Cc1nn(C)c2nc3ccc(C#N)cc3cc12. The fraction of sp³-hybridized carbons (Fsp3) is 0.154. The summed E-state index contributed by atoms with van der Waals surface area (Å²) < 4.78 is 1.78. The molecule has 0 saturated heterocycles. The predicted octanol–water partition coefficient (Wildman–Crippen LogP) is 2.30. The first-order chi connectivity index (χ1) is 8.19. The number of fused-ring (bicyclic) bond motifs is 2. The van der Waals surface area contributed by atoms with Gasteiger partial charge < -0.3 is 0 Å². The van der Waals surface area contributed by atoms with Crippen molar-refractivity contribution < 1.29 is 0 Å². The lowest BCUT2D eigenvalue weighted by molar-refractivity contribution is 0.775. The number of hydrogen-bond donors (Lipinski definition) is 0. The Morgan fingerprint density at radius 3 is 2.88 bits per heavy atom. The van der Waals surface area contributed by atoms with Crippen molar-refractivity contribution in [1.29, 1.82) is 5.26 Å². The third-order valence-electron chi connectivity index (χ3n) is 2.92. The first-order valence-electron chi connectivity index (χ1n) is 5.33. The van der Waals surface area contributed by atoms with Crippen LogP contribution in [0, 0.1) is 18.3 Å². The molecule has 0 aliphatic heterocycles. The first kappa shape index (κ1) is 9.79. The van der Waals surface area contributed by atoms with Crippen LogP contribution in [0.15, 0.2) is 24.3 Å². The van der Waals surface area contributed by atoms with Crippen molar-refractivity contribution in [2.75, 3.05) is 0 Å². The zero-order valence-electron chi connectivity index (χ0n) is 9.60. The van der Waals surface area contributed by atoms with Crippen molar-refractivity contribution in [3.05, 3.63) is 35.5 Å². The maximum absolute atomic E-state index is 8.88. The van der Waals surface area contributed by atoms with Gasteiger partial charge in [-0.1, -0.05) is 0 Å². The molecular formula is C13H10N4. The van der Waals surface area contributed by atoms with E-state index in [9.17, 15) is 0 Å². The van der Waals surface area contributed by atoms with Crippen LogP contribution in [0.2, 0.25) is 0 Å². The van der Waals surface area contributed by atoms with Gasteiger partial charge in [-0.25, -0.2) is 4.98 Å². The highest BCUT2D eigenvalue weighted by atomic mass is 15.3. The van der Waals surface area contributed by atoms with Gasteiger partial charge >= 0.3 is 0 Å². The van der Waals surface area contributed by atoms with E-state index in [0.717, 1.165) is 27.6 Å². The fourth-order valence-electron chi connectivity index (χ4n) is 2.08. The second-order valence-corrected chi connectivity index (χ2v) is 4.09. The number of aryl methyl sites for hydroxylation is 2. The molecule has 4 nitrogen and oxygen atoms in total. The van der Waals surface area contributed by atoms with Crippen LogP contribution in [0.1, 0.15) is 11.3 Å². The Labute approximate surface area is 98.1 Å². The molecule has 1 aromatic carbocycles. The third kappa shape index (κ3) is 1.36. The Morgan fingerprint density at radius 2 is 2.12 bits per heavy atom. The second-order valence-electron chi connectivity index (χ2n) is 4.09. The largest absolute Gasteiger partial charge is 0.250 e. The minimum absolute atomic E-state index is 0.653. The Kier molecular flexibility index (Phi) is 1.89. The summed E-state index contributed by atoms with van der Waals surface area (Å²) in [5, 5.41) is 15.2. The van der Waals surface area contributed by atoms with Gasteiger partial charge in [-0.15, -0.1) is 0 Å². The second kappa shape index (κ2) is 3.29. The highest BCUT2D eigenvalue weighted by molar-refractivity contribution is 5.93. The summed E-state index contributed by atoms with van der Waals surface area (Å²) in [6.07, 6.45) is 0. The molecule has 0 saturated carbocycles. The van der Waals surface area contributed by atoms with Crippen LogP contribution in [-0.4, -0.2) is 14.8 Å². The molecule has 0 radical (unpaired) electrons. The maximum Gasteiger partial charge on any atom is 0.158 e. The average Bonchev–Trinajstić information content (AvgIpc) is 2.62. The van der Waals surface area contributed by atoms with Gasteiger partial charge in [0.15, 0.2) is 5.65 Å². The number of aromatic nitrogens is 3. The molecule has 0 unspecified atom stereocenters. The zero-order valence-corrected chi connectivity index (χ0v) is 9.60. The van der Waals surface area contributed by atoms with Crippen LogP contribution in [0.4, 0.5) is 0 Å². The molecule has 4 heteroatoms. The normalized spacial score (nSPS) is 10.9. The van der Waals surface area contributed by atoms with Gasteiger partial charge in [0, 0.05) is 17.8 Å². The van der Waals surface area contributed by atoms with Gasteiger partial charge in [-0.05, 0) is 31.2 Å². The number of pyridine rings is 1. The lowest BCUT2D eigenvalue weighted by atomic mass is 10.1. The van der Waals surface area contributed by atoms with Crippen molar-refractivity contribution >= 4 is 21.9 Å². The maximum atomic E-state index is 8.88. The van der Waals surface area contributed by atoms with Gasteiger partial charge in [-0.2, -0.15) is 10.4 Å². The molecule has 3 aromatic rings. The molecule has 2 heterocycles. The highest BCUT2D eigenvalue weighted by Gasteiger charge is 2.08. The Hall–Kier alpha value is -2.41. The van der Waals surface area contributed by atoms with Crippen molar-refractivity contribution in [2.45, 2.75) is 6.92 Å². The van der Waals surface area contributed by atoms with E-state index in [1.54, 1.807) is 10.7 Å². The van der Waals surface area contributed by atoms with E-state index < -0.39 is 0 Å². The van der Waals surface area contributed by atoms with Crippen LogP contribution >= 0.6 is 0 Å². The summed E-state index contributed by atoms with van der Waals surface area (Å²) >= 11 is 0. The average molecular weight is 222 g/mol. The van der Waals surface area contributed by atoms with E-state index in [0.29, 0.717) is 5.56 Å². The van der Waals surface area contributed by atoms with E-state index in [1.165, 1.54) is 0 Å². The van der Waals surface area contributed by atoms with Crippen molar-refractivity contribution in [3.8, 4) is 6.07 Å². The molecule has 0 N–H and O–H groups in total. The van der Waals surface area contributed by atoms with Crippen LogP contribution in [0.5, 0.6) is 0 Å². The van der Waals surface area contributed by atoms with Gasteiger partial charge in [0.05, 0.1) is 22.8 Å². The van der Waals surface area contributed by atoms with E-state index in [2.05, 4.69) is 16.2 Å². The van der Waals surface area contributed by atoms with Crippen LogP contribution in [0.3, 0.4) is 0 Å². The summed E-state index contributed by atoms with van der Waals surface area (Å²) in [7, 11) is 1.89. The van der Waals surface area contributed by atoms with Crippen molar-refractivity contribution in [1.82, 2.24) is 14.8 Å². The molecule has 0 spiro atoms. The smallest absolute Gasteiger partial charge is 0.158 e. The summed E-state index contributed by atoms with van der Waals surface area (Å²) in [5.41, 5.74) is 3.37. The Balaban J connectivity index is 2.46. The quantitative estimate of drug-likeness (QED) is 0.586. The van der Waals surface area contributed by atoms with Crippen molar-refractivity contribution in [3.63, 3.8) is 0 Å². The number of benzene rings is 1. The Morgan fingerprint density at radius 1 is 1.29 bits per heavy atom. The summed E-state index contributed by atoms with van der Waals surface area (Å²) in [4.78, 5) is 4.56. The number of hydrogen-bond acceptors (Lipinski definition) is 3. The molecule has 3 rings (SSSR count). The molecule has 82 valence electrons. The predicted molar refractivity (Wildman–Crippen MR) is 65.5 cm³/mol. The molecule has 2 aromatic heterocycles. The zero-order chi connectivity index (χ0) is 12.0. The standard InChI is InChI=1S/C13H10N4/c1-8-11-6-10-5-9(7-14)3-4-12(10)15-13(11)17(2)16-8/h3-6H,1-2H3. The molecule has 0 atom stereocenters. The lowest BCUT2D eigenvalue weighted by Crippen LogP contribution is -1.92. The monoisotopic (exact) mass is 222 g/mol. The molecule has 0 fully saturated rings. The number of nitriles is 1. The topological polar surface area (TPSA) is 54.5 Å². The van der Waals surface area contributed by atoms with Gasteiger partial charge in [0.1, 0.15) is 0 Å². The van der Waals surface area contributed by atoms with E-state index >= 15 is 0 Å². The van der Waals surface area contributed by atoms with Gasteiger partial charge in [0.25, 0.3) is 0 Å². The minimum Gasteiger partial charge on any atom is -0.250 e. The summed E-state index contributed by atoms with van der Waals surface area (Å²) in [5.74, 6) is 0. The first-order valence-corrected chi connectivity index (χ1v) is 5.33. The minimum atomic E-state index is 0.653.